The van der Waals surface area contributed by atoms with Crippen LogP contribution < -0.4 is 5.32 Å². The van der Waals surface area contributed by atoms with Crippen molar-refractivity contribution in [2.24, 2.45) is 0 Å². The standard InChI is InChI=1S/C16H25BrN2/c1-3-10-18-16-8-11-19(12-9-16)13(2)14-4-6-15(17)7-5-14/h4-7,13,16,18H,3,8-12H2,1-2H3. The van der Waals surface area contributed by atoms with E-state index < -0.39 is 0 Å². The molecule has 1 fully saturated rings. The molecule has 19 heavy (non-hydrogen) atoms. The van der Waals surface area contributed by atoms with Gasteiger partial charge in [0.2, 0.25) is 0 Å². The van der Waals surface area contributed by atoms with Gasteiger partial charge < -0.3 is 5.32 Å². The van der Waals surface area contributed by atoms with Gasteiger partial charge in [-0.1, -0.05) is 35.0 Å². The number of rotatable bonds is 5. The van der Waals surface area contributed by atoms with Crippen LogP contribution in [0.5, 0.6) is 0 Å². The van der Waals surface area contributed by atoms with Crippen LogP contribution in [0.15, 0.2) is 28.7 Å². The average molecular weight is 325 g/mol. The monoisotopic (exact) mass is 324 g/mol. The van der Waals surface area contributed by atoms with Crippen LogP contribution in [-0.4, -0.2) is 30.6 Å². The topological polar surface area (TPSA) is 15.3 Å². The summed E-state index contributed by atoms with van der Waals surface area (Å²) in [5.41, 5.74) is 1.42. The van der Waals surface area contributed by atoms with Gasteiger partial charge in [0.05, 0.1) is 0 Å². The van der Waals surface area contributed by atoms with Gasteiger partial charge in [-0.3, -0.25) is 4.90 Å². The second kappa shape index (κ2) is 7.41. The van der Waals surface area contributed by atoms with E-state index in [0.29, 0.717) is 6.04 Å². The quantitative estimate of drug-likeness (QED) is 0.881. The Balaban J connectivity index is 1.85. The molecular weight excluding hydrogens is 300 g/mol. The van der Waals surface area contributed by atoms with Gasteiger partial charge in [0, 0.05) is 29.6 Å². The second-order valence-corrected chi connectivity index (χ2v) is 6.41. The van der Waals surface area contributed by atoms with Gasteiger partial charge in [-0.2, -0.15) is 0 Å². The van der Waals surface area contributed by atoms with E-state index in [-0.39, 0.29) is 0 Å². The maximum Gasteiger partial charge on any atom is 0.0319 e. The summed E-state index contributed by atoms with van der Waals surface area (Å²) in [6.45, 7) is 8.13. The van der Waals surface area contributed by atoms with Crippen molar-refractivity contribution in [3.63, 3.8) is 0 Å². The minimum Gasteiger partial charge on any atom is -0.314 e. The van der Waals surface area contributed by atoms with Crippen LogP contribution in [-0.2, 0) is 0 Å². The minimum absolute atomic E-state index is 0.528. The Morgan fingerprint density at radius 1 is 1.26 bits per heavy atom. The molecule has 2 rings (SSSR count). The molecule has 1 N–H and O–H groups in total. The van der Waals surface area contributed by atoms with E-state index in [2.05, 4.69) is 64.3 Å². The van der Waals surface area contributed by atoms with Gasteiger partial charge in [0.25, 0.3) is 0 Å². The van der Waals surface area contributed by atoms with Crippen molar-refractivity contribution < 1.29 is 0 Å². The van der Waals surface area contributed by atoms with Crippen molar-refractivity contribution >= 4 is 15.9 Å². The smallest absolute Gasteiger partial charge is 0.0319 e. The van der Waals surface area contributed by atoms with Crippen molar-refractivity contribution in [2.45, 2.75) is 45.2 Å². The van der Waals surface area contributed by atoms with Crippen molar-refractivity contribution in [2.75, 3.05) is 19.6 Å². The first kappa shape index (κ1) is 15.0. The molecule has 1 saturated heterocycles. The average Bonchev–Trinajstić information content (AvgIpc) is 2.46. The Hall–Kier alpha value is -0.380. The Kier molecular flexibility index (Phi) is 5.86. The lowest BCUT2D eigenvalue weighted by Gasteiger charge is -2.36. The molecule has 0 bridgehead atoms. The maximum atomic E-state index is 3.65. The summed E-state index contributed by atoms with van der Waals surface area (Å²) >= 11 is 3.50. The molecule has 1 aromatic rings. The van der Waals surface area contributed by atoms with E-state index >= 15 is 0 Å². The summed E-state index contributed by atoms with van der Waals surface area (Å²) in [4.78, 5) is 2.60. The summed E-state index contributed by atoms with van der Waals surface area (Å²) in [6.07, 6.45) is 3.79. The number of benzene rings is 1. The zero-order valence-corrected chi connectivity index (χ0v) is 13.6. The Labute approximate surface area is 125 Å². The highest BCUT2D eigenvalue weighted by atomic mass is 79.9. The van der Waals surface area contributed by atoms with Crippen LogP contribution in [0.25, 0.3) is 0 Å². The minimum atomic E-state index is 0.528. The van der Waals surface area contributed by atoms with Gasteiger partial charge in [0.15, 0.2) is 0 Å². The Morgan fingerprint density at radius 2 is 1.89 bits per heavy atom. The third-order valence-electron chi connectivity index (χ3n) is 4.11. The zero-order valence-electron chi connectivity index (χ0n) is 12.0. The fourth-order valence-electron chi connectivity index (χ4n) is 2.79. The van der Waals surface area contributed by atoms with E-state index in [1.165, 1.54) is 37.9 Å². The summed E-state index contributed by atoms with van der Waals surface area (Å²) in [6, 6.07) is 10.0. The lowest BCUT2D eigenvalue weighted by Crippen LogP contribution is -2.43. The molecule has 0 spiro atoms. The molecule has 1 unspecified atom stereocenters. The zero-order chi connectivity index (χ0) is 13.7. The first-order valence-electron chi connectivity index (χ1n) is 7.43. The van der Waals surface area contributed by atoms with Crippen LogP contribution in [0.2, 0.25) is 0 Å². The van der Waals surface area contributed by atoms with Crippen LogP contribution in [0, 0.1) is 0 Å². The Morgan fingerprint density at radius 3 is 2.47 bits per heavy atom. The fourth-order valence-corrected chi connectivity index (χ4v) is 3.06. The lowest BCUT2D eigenvalue weighted by atomic mass is 10.00. The maximum absolute atomic E-state index is 3.65. The SMILES string of the molecule is CCCNC1CCN(C(C)c2ccc(Br)cc2)CC1. The van der Waals surface area contributed by atoms with Crippen LogP contribution >= 0.6 is 15.9 Å². The molecule has 106 valence electrons. The predicted octanol–water partition coefficient (Wildman–Crippen LogP) is 3.97. The second-order valence-electron chi connectivity index (χ2n) is 5.49. The first-order chi connectivity index (χ1) is 9.20. The van der Waals surface area contributed by atoms with Gasteiger partial charge in [-0.05, 0) is 50.4 Å². The van der Waals surface area contributed by atoms with Gasteiger partial charge >= 0.3 is 0 Å². The first-order valence-corrected chi connectivity index (χ1v) is 8.23. The Bertz CT molecular complexity index is 369. The van der Waals surface area contributed by atoms with E-state index in [9.17, 15) is 0 Å². The highest BCUT2D eigenvalue weighted by Gasteiger charge is 2.22. The van der Waals surface area contributed by atoms with Crippen molar-refractivity contribution in [3.8, 4) is 0 Å². The molecule has 1 aromatic carbocycles. The summed E-state index contributed by atoms with van der Waals surface area (Å²) < 4.78 is 1.16. The highest BCUT2D eigenvalue weighted by molar-refractivity contribution is 9.10. The summed E-state index contributed by atoms with van der Waals surface area (Å²) in [7, 11) is 0. The van der Waals surface area contributed by atoms with Crippen LogP contribution in [0.1, 0.15) is 44.7 Å². The molecule has 0 aromatic heterocycles. The van der Waals surface area contributed by atoms with Crippen molar-refractivity contribution in [3.05, 3.63) is 34.3 Å². The third kappa shape index (κ3) is 4.30. The molecular formula is C16H25BrN2. The largest absolute Gasteiger partial charge is 0.314 e. The molecule has 2 nitrogen and oxygen atoms in total. The number of hydrogen-bond acceptors (Lipinski definition) is 2. The van der Waals surface area contributed by atoms with E-state index in [1.54, 1.807) is 0 Å². The number of piperidine rings is 1. The molecule has 1 atom stereocenters. The lowest BCUT2D eigenvalue weighted by molar-refractivity contribution is 0.152. The summed E-state index contributed by atoms with van der Waals surface area (Å²) in [5.74, 6) is 0. The number of nitrogens with zero attached hydrogens (tertiary/aromatic N) is 1. The molecule has 1 aliphatic heterocycles. The highest BCUT2D eigenvalue weighted by Crippen LogP contribution is 2.25. The molecule has 3 heteroatoms. The van der Waals surface area contributed by atoms with Crippen LogP contribution in [0.3, 0.4) is 0 Å². The third-order valence-corrected chi connectivity index (χ3v) is 4.64. The van der Waals surface area contributed by atoms with Crippen molar-refractivity contribution in [1.82, 2.24) is 10.2 Å². The van der Waals surface area contributed by atoms with Gasteiger partial charge in [0.1, 0.15) is 0 Å². The van der Waals surface area contributed by atoms with E-state index in [4.69, 9.17) is 0 Å². The fraction of sp³-hybridized carbons (Fsp3) is 0.625. The molecule has 0 aliphatic carbocycles. The molecule has 0 radical (unpaired) electrons. The predicted molar refractivity (Wildman–Crippen MR) is 85.4 cm³/mol. The van der Waals surface area contributed by atoms with Gasteiger partial charge in [-0.25, -0.2) is 0 Å². The normalized spacial score (nSPS) is 19.5. The molecule has 1 heterocycles. The van der Waals surface area contributed by atoms with Crippen LogP contribution in [0.4, 0.5) is 0 Å². The number of nitrogens with one attached hydrogen (secondary N) is 1. The summed E-state index contributed by atoms with van der Waals surface area (Å²) in [5, 5.41) is 3.65. The molecule has 0 amide bonds. The van der Waals surface area contributed by atoms with Gasteiger partial charge in [-0.15, -0.1) is 0 Å². The molecule has 0 saturated carbocycles. The number of hydrogen-bond donors (Lipinski definition) is 1. The van der Waals surface area contributed by atoms with Crippen molar-refractivity contribution in [1.29, 1.82) is 0 Å². The van der Waals surface area contributed by atoms with E-state index in [1.807, 2.05) is 0 Å². The van der Waals surface area contributed by atoms with E-state index in [0.717, 1.165) is 17.1 Å². The molecule has 1 aliphatic rings. The number of halogens is 1. The number of likely N-dealkylation sites (tertiary alicyclic amines) is 1.